The van der Waals surface area contributed by atoms with Crippen LogP contribution < -0.4 is 5.73 Å². The van der Waals surface area contributed by atoms with Crippen LogP contribution in [0.3, 0.4) is 0 Å². The number of nitrogens with two attached hydrogens (primary N) is 1. The summed E-state index contributed by atoms with van der Waals surface area (Å²) in [6.07, 6.45) is 2.21. The average molecular weight is 223 g/mol. The maximum atomic E-state index is 6.06. The van der Waals surface area contributed by atoms with Crippen LogP contribution in [-0.2, 0) is 6.42 Å². The predicted molar refractivity (Wildman–Crippen MR) is 71.9 cm³/mol. The number of fused-ring (bicyclic) bond motifs is 1. The second kappa shape index (κ2) is 4.01. The molecule has 0 spiro atoms. The number of benzene rings is 2. The summed E-state index contributed by atoms with van der Waals surface area (Å²) in [4.78, 5) is 0. The molecule has 1 aliphatic carbocycles. The number of rotatable bonds is 1. The quantitative estimate of drug-likeness (QED) is 0.785. The Morgan fingerprint density at radius 3 is 2.71 bits per heavy atom. The minimum absolute atomic E-state index is 0.247. The van der Waals surface area contributed by atoms with Crippen molar-refractivity contribution in [1.29, 1.82) is 0 Å². The van der Waals surface area contributed by atoms with E-state index in [0.717, 1.165) is 12.8 Å². The van der Waals surface area contributed by atoms with Crippen LogP contribution >= 0.6 is 0 Å². The van der Waals surface area contributed by atoms with Gasteiger partial charge in [-0.05, 0) is 42.0 Å². The average Bonchev–Trinajstić information content (AvgIpc) is 2.71. The lowest BCUT2D eigenvalue weighted by Gasteiger charge is -2.08. The summed E-state index contributed by atoms with van der Waals surface area (Å²) < 4.78 is 0. The van der Waals surface area contributed by atoms with Crippen molar-refractivity contribution in [3.63, 3.8) is 0 Å². The van der Waals surface area contributed by atoms with E-state index in [2.05, 4.69) is 49.4 Å². The van der Waals surface area contributed by atoms with Gasteiger partial charge in [0.25, 0.3) is 0 Å². The van der Waals surface area contributed by atoms with E-state index in [1.165, 1.54) is 27.8 Å². The van der Waals surface area contributed by atoms with Gasteiger partial charge in [-0.1, -0.05) is 48.0 Å². The summed E-state index contributed by atoms with van der Waals surface area (Å²) in [5, 5.41) is 0. The van der Waals surface area contributed by atoms with Crippen molar-refractivity contribution in [2.24, 2.45) is 5.73 Å². The molecule has 0 bridgehead atoms. The second-order valence-corrected chi connectivity index (χ2v) is 4.93. The van der Waals surface area contributed by atoms with Gasteiger partial charge in [-0.25, -0.2) is 0 Å². The maximum absolute atomic E-state index is 6.06. The molecule has 86 valence electrons. The van der Waals surface area contributed by atoms with Crippen molar-refractivity contribution < 1.29 is 0 Å². The Kier molecular flexibility index (Phi) is 2.49. The highest BCUT2D eigenvalue weighted by Crippen LogP contribution is 2.32. The van der Waals surface area contributed by atoms with Crippen LogP contribution in [0.1, 0.15) is 29.2 Å². The van der Waals surface area contributed by atoms with Gasteiger partial charge in [0.05, 0.1) is 0 Å². The molecule has 3 rings (SSSR count). The molecule has 1 unspecified atom stereocenters. The van der Waals surface area contributed by atoms with Crippen molar-refractivity contribution in [3.8, 4) is 11.1 Å². The Morgan fingerprint density at radius 2 is 1.88 bits per heavy atom. The summed E-state index contributed by atoms with van der Waals surface area (Å²) in [6, 6.07) is 15.6. The van der Waals surface area contributed by atoms with Crippen molar-refractivity contribution in [3.05, 3.63) is 59.2 Å². The molecule has 0 aliphatic heterocycles. The molecular weight excluding hydrogens is 206 g/mol. The maximum Gasteiger partial charge on any atom is 0.0300 e. The first kappa shape index (κ1) is 10.5. The normalized spacial score (nSPS) is 18.1. The van der Waals surface area contributed by atoms with E-state index in [1.807, 2.05) is 0 Å². The third-order valence-electron chi connectivity index (χ3n) is 3.62. The first-order valence-electron chi connectivity index (χ1n) is 6.19. The molecular formula is C16H17N. The zero-order chi connectivity index (χ0) is 11.8. The molecule has 17 heavy (non-hydrogen) atoms. The summed E-state index contributed by atoms with van der Waals surface area (Å²) in [6.45, 7) is 2.13. The molecule has 2 aromatic carbocycles. The van der Waals surface area contributed by atoms with Crippen LogP contribution in [-0.4, -0.2) is 0 Å². The minimum atomic E-state index is 0.247. The topological polar surface area (TPSA) is 26.0 Å². The van der Waals surface area contributed by atoms with Crippen molar-refractivity contribution in [2.45, 2.75) is 25.8 Å². The summed E-state index contributed by atoms with van der Waals surface area (Å²) in [5.41, 5.74) is 12.7. The lowest BCUT2D eigenvalue weighted by atomic mass is 9.99. The van der Waals surface area contributed by atoms with E-state index in [4.69, 9.17) is 5.73 Å². The van der Waals surface area contributed by atoms with Crippen molar-refractivity contribution in [1.82, 2.24) is 0 Å². The highest BCUT2D eigenvalue weighted by Gasteiger charge is 2.18. The highest BCUT2D eigenvalue weighted by molar-refractivity contribution is 5.66. The van der Waals surface area contributed by atoms with E-state index in [1.54, 1.807) is 0 Å². The predicted octanol–water partition coefficient (Wildman–Crippen LogP) is 3.61. The van der Waals surface area contributed by atoms with Crippen LogP contribution in [0.25, 0.3) is 11.1 Å². The third-order valence-corrected chi connectivity index (χ3v) is 3.62. The molecule has 1 aliphatic rings. The zero-order valence-corrected chi connectivity index (χ0v) is 10.1. The Bertz CT molecular complexity index is 557. The summed E-state index contributed by atoms with van der Waals surface area (Å²) in [7, 11) is 0. The van der Waals surface area contributed by atoms with Crippen LogP contribution in [0, 0.1) is 6.92 Å². The molecule has 2 aromatic rings. The van der Waals surface area contributed by atoms with Crippen LogP contribution in [0.5, 0.6) is 0 Å². The van der Waals surface area contributed by atoms with Gasteiger partial charge in [0.15, 0.2) is 0 Å². The Hall–Kier alpha value is -1.60. The second-order valence-electron chi connectivity index (χ2n) is 4.93. The van der Waals surface area contributed by atoms with Crippen LogP contribution in [0.2, 0.25) is 0 Å². The number of hydrogen-bond donors (Lipinski definition) is 1. The molecule has 0 fully saturated rings. The molecule has 1 nitrogen and oxygen atoms in total. The lowest BCUT2D eigenvalue weighted by molar-refractivity contribution is 0.713. The SMILES string of the molecule is Cc1cccc(-c2ccc3c(c2)CCC3N)c1. The largest absolute Gasteiger partial charge is 0.324 e. The molecule has 0 saturated carbocycles. The summed E-state index contributed by atoms with van der Waals surface area (Å²) in [5.74, 6) is 0. The standard InChI is InChI=1S/C16H17N/c1-11-3-2-4-12(9-11)13-5-7-15-14(10-13)6-8-16(15)17/h2-5,7,9-10,16H,6,8,17H2,1H3. The molecule has 0 heterocycles. The van der Waals surface area contributed by atoms with Gasteiger partial charge in [-0.3, -0.25) is 0 Å². The van der Waals surface area contributed by atoms with Gasteiger partial charge in [0.1, 0.15) is 0 Å². The third kappa shape index (κ3) is 1.87. The number of aryl methyl sites for hydroxylation is 2. The monoisotopic (exact) mass is 223 g/mol. The van der Waals surface area contributed by atoms with Gasteiger partial charge in [-0.2, -0.15) is 0 Å². The fourth-order valence-electron chi connectivity index (χ4n) is 2.65. The molecule has 0 saturated heterocycles. The van der Waals surface area contributed by atoms with Gasteiger partial charge in [0, 0.05) is 6.04 Å². The van der Waals surface area contributed by atoms with Gasteiger partial charge < -0.3 is 5.73 Å². The van der Waals surface area contributed by atoms with Crippen molar-refractivity contribution in [2.75, 3.05) is 0 Å². The number of hydrogen-bond acceptors (Lipinski definition) is 1. The smallest absolute Gasteiger partial charge is 0.0300 e. The lowest BCUT2D eigenvalue weighted by Crippen LogP contribution is -2.04. The van der Waals surface area contributed by atoms with E-state index in [0.29, 0.717) is 0 Å². The first-order chi connectivity index (χ1) is 8.24. The van der Waals surface area contributed by atoms with E-state index < -0.39 is 0 Å². The van der Waals surface area contributed by atoms with Gasteiger partial charge in [0.2, 0.25) is 0 Å². The fraction of sp³-hybridized carbons (Fsp3) is 0.250. The Balaban J connectivity index is 2.06. The minimum Gasteiger partial charge on any atom is -0.324 e. The Morgan fingerprint density at radius 1 is 1.06 bits per heavy atom. The van der Waals surface area contributed by atoms with E-state index in [9.17, 15) is 0 Å². The zero-order valence-electron chi connectivity index (χ0n) is 10.1. The first-order valence-corrected chi connectivity index (χ1v) is 6.19. The summed E-state index contributed by atoms with van der Waals surface area (Å²) >= 11 is 0. The Labute approximate surface area is 102 Å². The molecule has 2 N–H and O–H groups in total. The molecule has 1 heteroatoms. The van der Waals surface area contributed by atoms with E-state index in [-0.39, 0.29) is 6.04 Å². The molecule has 0 amide bonds. The van der Waals surface area contributed by atoms with Gasteiger partial charge in [-0.15, -0.1) is 0 Å². The van der Waals surface area contributed by atoms with Crippen LogP contribution in [0.15, 0.2) is 42.5 Å². The highest BCUT2D eigenvalue weighted by atomic mass is 14.6. The molecule has 0 aromatic heterocycles. The molecule has 1 atom stereocenters. The fourth-order valence-corrected chi connectivity index (χ4v) is 2.65. The van der Waals surface area contributed by atoms with Gasteiger partial charge >= 0.3 is 0 Å². The van der Waals surface area contributed by atoms with E-state index >= 15 is 0 Å². The van der Waals surface area contributed by atoms with Crippen molar-refractivity contribution >= 4 is 0 Å². The molecule has 0 radical (unpaired) electrons. The van der Waals surface area contributed by atoms with Crippen LogP contribution in [0.4, 0.5) is 0 Å².